The van der Waals surface area contributed by atoms with Gasteiger partial charge in [0.15, 0.2) is 0 Å². The van der Waals surface area contributed by atoms with Crippen LogP contribution in [0.25, 0.3) is 0 Å². The molecule has 0 spiro atoms. The van der Waals surface area contributed by atoms with Gasteiger partial charge in [0.05, 0.1) is 5.69 Å². The number of nitrogens with zero attached hydrogens (tertiary/aromatic N) is 1. The van der Waals surface area contributed by atoms with Crippen molar-refractivity contribution in [2.45, 2.75) is 65.5 Å². The molecule has 0 aliphatic heterocycles. The molecule has 1 aliphatic carbocycles. The van der Waals surface area contributed by atoms with E-state index in [0.29, 0.717) is 6.04 Å². The van der Waals surface area contributed by atoms with Gasteiger partial charge < -0.3 is 5.32 Å². The number of fused-ring (bicyclic) bond motifs is 1. The Kier molecular flexibility index (Phi) is 4.57. The summed E-state index contributed by atoms with van der Waals surface area (Å²) in [5.41, 5.74) is 1.39. The number of thiazole rings is 1. The van der Waals surface area contributed by atoms with E-state index in [1.165, 1.54) is 42.8 Å². The first-order chi connectivity index (χ1) is 8.19. The van der Waals surface area contributed by atoms with Crippen molar-refractivity contribution in [1.82, 2.24) is 10.3 Å². The highest BCUT2D eigenvalue weighted by atomic mass is 32.1. The Balaban J connectivity index is 1.96. The largest absolute Gasteiger partial charge is 0.308 e. The lowest BCUT2D eigenvalue weighted by Crippen LogP contribution is -2.21. The van der Waals surface area contributed by atoms with Crippen molar-refractivity contribution < 1.29 is 0 Å². The lowest BCUT2D eigenvalue weighted by molar-refractivity contribution is 0.423. The lowest BCUT2D eigenvalue weighted by atomic mass is 9.88. The molecular weight excluding hydrogens is 228 g/mol. The molecule has 1 aliphatic rings. The summed E-state index contributed by atoms with van der Waals surface area (Å²) < 4.78 is 0. The van der Waals surface area contributed by atoms with Gasteiger partial charge in [0, 0.05) is 17.5 Å². The predicted octanol–water partition coefficient (Wildman–Crippen LogP) is 3.55. The van der Waals surface area contributed by atoms with Crippen molar-refractivity contribution in [2.75, 3.05) is 0 Å². The van der Waals surface area contributed by atoms with Gasteiger partial charge in [-0.1, -0.05) is 33.6 Å². The van der Waals surface area contributed by atoms with Gasteiger partial charge in [0.2, 0.25) is 0 Å². The van der Waals surface area contributed by atoms with Gasteiger partial charge in [-0.2, -0.15) is 0 Å². The quantitative estimate of drug-likeness (QED) is 0.867. The smallest absolute Gasteiger partial charge is 0.107 e. The van der Waals surface area contributed by atoms with E-state index in [2.05, 4.69) is 26.1 Å². The van der Waals surface area contributed by atoms with Crippen molar-refractivity contribution in [1.29, 1.82) is 0 Å². The van der Waals surface area contributed by atoms with Crippen LogP contribution in [-0.2, 0) is 19.4 Å². The van der Waals surface area contributed by atoms with E-state index in [0.717, 1.165) is 12.5 Å². The number of aryl methyl sites for hydroxylation is 1. The van der Waals surface area contributed by atoms with E-state index in [1.807, 2.05) is 11.3 Å². The number of hydrogen-bond donors (Lipinski definition) is 1. The second kappa shape index (κ2) is 5.96. The first-order valence-electron chi connectivity index (χ1n) is 6.89. The summed E-state index contributed by atoms with van der Waals surface area (Å²) in [7, 11) is 0. The van der Waals surface area contributed by atoms with Crippen LogP contribution in [0.3, 0.4) is 0 Å². The van der Waals surface area contributed by atoms with Gasteiger partial charge >= 0.3 is 0 Å². The number of nitrogens with one attached hydrogen (secondary N) is 1. The molecule has 0 fully saturated rings. The van der Waals surface area contributed by atoms with E-state index in [1.54, 1.807) is 4.88 Å². The van der Waals surface area contributed by atoms with Crippen molar-refractivity contribution >= 4 is 11.3 Å². The summed E-state index contributed by atoms with van der Waals surface area (Å²) in [6, 6.07) is 0.545. The Morgan fingerprint density at radius 2 is 2.29 bits per heavy atom. The van der Waals surface area contributed by atoms with Crippen LogP contribution in [0.15, 0.2) is 0 Å². The first-order valence-corrected chi connectivity index (χ1v) is 7.71. The van der Waals surface area contributed by atoms with Crippen LogP contribution >= 0.6 is 11.3 Å². The van der Waals surface area contributed by atoms with E-state index in [-0.39, 0.29) is 0 Å². The summed E-state index contributed by atoms with van der Waals surface area (Å²) in [5, 5.41) is 4.73. The normalized spacial score (nSPS) is 19.6. The third-order valence-corrected chi connectivity index (χ3v) is 4.56. The maximum Gasteiger partial charge on any atom is 0.107 e. The topological polar surface area (TPSA) is 24.9 Å². The highest BCUT2D eigenvalue weighted by molar-refractivity contribution is 7.11. The zero-order valence-electron chi connectivity index (χ0n) is 11.3. The van der Waals surface area contributed by atoms with Gasteiger partial charge in [-0.3, -0.25) is 0 Å². The molecule has 1 aromatic rings. The van der Waals surface area contributed by atoms with Crippen molar-refractivity contribution in [2.24, 2.45) is 5.92 Å². The molecule has 0 radical (unpaired) electrons. The van der Waals surface area contributed by atoms with E-state index >= 15 is 0 Å². The fourth-order valence-electron chi connectivity index (χ4n) is 2.52. The molecule has 17 heavy (non-hydrogen) atoms. The fraction of sp³-hybridized carbons (Fsp3) is 0.786. The molecule has 1 unspecified atom stereocenters. The number of rotatable bonds is 5. The molecule has 0 amide bonds. The molecule has 0 saturated heterocycles. The standard InChI is InChI=1S/C14H24N2S/c1-4-5-11-6-7-12-13(8-11)17-14(16-12)9-15-10(2)3/h10-11,15H,4-9H2,1-3H3. The fourth-order valence-corrected chi connectivity index (χ4v) is 3.70. The van der Waals surface area contributed by atoms with Crippen LogP contribution in [0.4, 0.5) is 0 Å². The highest BCUT2D eigenvalue weighted by Gasteiger charge is 2.21. The first kappa shape index (κ1) is 13.0. The Hall–Kier alpha value is -0.410. The summed E-state index contributed by atoms with van der Waals surface area (Å²) in [4.78, 5) is 6.34. The second-order valence-corrected chi connectivity index (χ2v) is 6.58. The van der Waals surface area contributed by atoms with Crippen LogP contribution in [0.1, 0.15) is 55.6 Å². The zero-order valence-corrected chi connectivity index (χ0v) is 12.1. The van der Waals surface area contributed by atoms with E-state index in [9.17, 15) is 0 Å². The lowest BCUT2D eigenvalue weighted by Gasteiger charge is -2.20. The Labute approximate surface area is 109 Å². The average molecular weight is 252 g/mol. The third kappa shape index (κ3) is 3.52. The summed E-state index contributed by atoms with van der Waals surface area (Å²) in [6.07, 6.45) is 6.54. The molecule has 2 rings (SSSR count). The van der Waals surface area contributed by atoms with Crippen molar-refractivity contribution in [3.63, 3.8) is 0 Å². The van der Waals surface area contributed by atoms with Gasteiger partial charge in [-0.05, 0) is 25.2 Å². The molecule has 1 aromatic heterocycles. The molecule has 1 heterocycles. The Morgan fingerprint density at radius 1 is 1.47 bits per heavy atom. The van der Waals surface area contributed by atoms with Crippen molar-refractivity contribution in [3.8, 4) is 0 Å². The van der Waals surface area contributed by atoms with Crippen LogP contribution in [0.5, 0.6) is 0 Å². The minimum Gasteiger partial charge on any atom is -0.308 e. The highest BCUT2D eigenvalue weighted by Crippen LogP contribution is 2.32. The van der Waals surface area contributed by atoms with Crippen LogP contribution in [0.2, 0.25) is 0 Å². The minimum atomic E-state index is 0.545. The Bertz CT molecular complexity index is 357. The van der Waals surface area contributed by atoms with Crippen LogP contribution < -0.4 is 5.32 Å². The van der Waals surface area contributed by atoms with Crippen LogP contribution in [0, 0.1) is 5.92 Å². The molecule has 0 bridgehead atoms. The number of aromatic nitrogens is 1. The summed E-state index contributed by atoms with van der Waals surface area (Å²) >= 11 is 1.93. The molecule has 1 atom stereocenters. The monoisotopic (exact) mass is 252 g/mol. The van der Waals surface area contributed by atoms with Gasteiger partial charge in [-0.15, -0.1) is 11.3 Å². The zero-order chi connectivity index (χ0) is 12.3. The molecule has 96 valence electrons. The molecule has 0 aromatic carbocycles. The number of hydrogen-bond acceptors (Lipinski definition) is 3. The molecule has 0 saturated carbocycles. The van der Waals surface area contributed by atoms with E-state index < -0.39 is 0 Å². The predicted molar refractivity (Wildman–Crippen MR) is 74.5 cm³/mol. The molecule has 1 N–H and O–H groups in total. The summed E-state index contributed by atoms with van der Waals surface area (Å²) in [5.74, 6) is 0.916. The maximum absolute atomic E-state index is 4.77. The maximum atomic E-state index is 4.77. The SMILES string of the molecule is CCCC1CCc2nc(CNC(C)C)sc2C1. The minimum absolute atomic E-state index is 0.545. The molecule has 2 nitrogen and oxygen atoms in total. The summed E-state index contributed by atoms with van der Waals surface area (Å²) in [6.45, 7) is 7.60. The van der Waals surface area contributed by atoms with Gasteiger partial charge in [0.25, 0.3) is 0 Å². The molecular formula is C14H24N2S. The second-order valence-electron chi connectivity index (χ2n) is 5.41. The molecule has 3 heteroatoms. The van der Waals surface area contributed by atoms with Gasteiger partial charge in [-0.25, -0.2) is 4.98 Å². The van der Waals surface area contributed by atoms with Crippen LogP contribution in [-0.4, -0.2) is 11.0 Å². The average Bonchev–Trinajstić information content (AvgIpc) is 2.69. The van der Waals surface area contributed by atoms with Gasteiger partial charge in [0.1, 0.15) is 5.01 Å². The Morgan fingerprint density at radius 3 is 3.00 bits per heavy atom. The van der Waals surface area contributed by atoms with Crippen molar-refractivity contribution in [3.05, 3.63) is 15.6 Å². The third-order valence-electron chi connectivity index (χ3n) is 3.44. The van der Waals surface area contributed by atoms with E-state index in [4.69, 9.17) is 4.98 Å².